The van der Waals surface area contributed by atoms with E-state index in [1.54, 1.807) is 0 Å². The maximum Gasteiger partial charge on any atom is 0.273 e. The van der Waals surface area contributed by atoms with Crippen molar-refractivity contribution in [3.05, 3.63) is 17.9 Å². The molecular weight excluding hydrogens is 334 g/mol. The highest BCUT2D eigenvalue weighted by Crippen LogP contribution is 2.15. The van der Waals surface area contributed by atoms with Crippen LogP contribution in [0.5, 0.6) is 0 Å². The number of hydrogen-bond donors (Lipinski definition) is 2. The Morgan fingerprint density at radius 1 is 1.33 bits per heavy atom. The molecule has 0 bridgehead atoms. The minimum Gasteiger partial charge on any atom is -0.451 e. The molecule has 1 fully saturated rings. The van der Waals surface area contributed by atoms with Gasteiger partial charge in [0.05, 0.1) is 18.8 Å². The highest BCUT2D eigenvalue weighted by atomic mass is 32.2. The van der Waals surface area contributed by atoms with Gasteiger partial charge in [-0.1, -0.05) is 13.8 Å². The predicted octanol–water partition coefficient (Wildman–Crippen LogP) is 0.274. The van der Waals surface area contributed by atoms with Gasteiger partial charge in [0.15, 0.2) is 0 Å². The summed E-state index contributed by atoms with van der Waals surface area (Å²) in [6.07, 6.45) is 1.15. The summed E-state index contributed by atoms with van der Waals surface area (Å²) >= 11 is 0. The average Bonchev–Trinajstić information content (AvgIpc) is 3.06. The van der Waals surface area contributed by atoms with Crippen LogP contribution in [0, 0.1) is 5.92 Å². The quantitative estimate of drug-likeness (QED) is 0.725. The van der Waals surface area contributed by atoms with Gasteiger partial charge in [-0.2, -0.15) is 0 Å². The zero-order valence-electron chi connectivity index (χ0n) is 14.2. The minimum atomic E-state index is -3.69. The molecule has 8 nitrogen and oxygen atoms in total. The van der Waals surface area contributed by atoms with Crippen molar-refractivity contribution < 1.29 is 22.4 Å². The van der Waals surface area contributed by atoms with Crippen molar-refractivity contribution in [2.24, 2.45) is 5.92 Å². The zero-order valence-corrected chi connectivity index (χ0v) is 15.1. The SMILES string of the molecule is CNS(=O)(=O)c1cc(C(=O)NCC(C(C)C)N2CCOCC2)co1. The van der Waals surface area contributed by atoms with Crippen molar-refractivity contribution in [1.82, 2.24) is 14.9 Å². The Labute approximate surface area is 142 Å². The van der Waals surface area contributed by atoms with Crippen LogP contribution in [0.4, 0.5) is 0 Å². The molecule has 1 aliphatic heterocycles. The van der Waals surface area contributed by atoms with E-state index in [1.165, 1.54) is 13.1 Å². The summed E-state index contributed by atoms with van der Waals surface area (Å²) in [5, 5.41) is 2.59. The number of furan rings is 1. The van der Waals surface area contributed by atoms with Crippen LogP contribution in [0.3, 0.4) is 0 Å². The van der Waals surface area contributed by atoms with Crippen LogP contribution in [0.25, 0.3) is 0 Å². The molecule has 1 aromatic heterocycles. The first-order valence-electron chi connectivity index (χ1n) is 7.97. The van der Waals surface area contributed by atoms with Crippen LogP contribution in [0.15, 0.2) is 21.8 Å². The molecule has 2 heterocycles. The topological polar surface area (TPSA) is 101 Å². The summed E-state index contributed by atoms with van der Waals surface area (Å²) in [5.41, 5.74) is 0.188. The molecule has 0 aliphatic carbocycles. The molecule has 24 heavy (non-hydrogen) atoms. The van der Waals surface area contributed by atoms with Crippen LogP contribution in [-0.4, -0.2) is 65.2 Å². The van der Waals surface area contributed by atoms with Gasteiger partial charge >= 0.3 is 0 Å². The van der Waals surface area contributed by atoms with Crippen LogP contribution in [0.2, 0.25) is 0 Å². The monoisotopic (exact) mass is 359 g/mol. The summed E-state index contributed by atoms with van der Waals surface area (Å²) in [7, 11) is -2.41. The lowest BCUT2D eigenvalue weighted by Gasteiger charge is -2.36. The minimum absolute atomic E-state index is 0.188. The summed E-state index contributed by atoms with van der Waals surface area (Å²) in [6, 6.07) is 1.42. The zero-order chi connectivity index (χ0) is 17.7. The smallest absolute Gasteiger partial charge is 0.273 e. The van der Waals surface area contributed by atoms with Crippen molar-refractivity contribution in [3.63, 3.8) is 0 Å². The molecule has 0 saturated carbocycles. The number of sulfonamides is 1. The molecule has 0 aromatic carbocycles. The Kier molecular flexibility index (Phi) is 6.39. The number of hydrogen-bond acceptors (Lipinski definition) is 6. The molecule has 0 spiro atoms. The Bertz CT molecular complexity index is 650. The second-order valence-electron chi connectivity index (χ2n) is 6.03. The van der Waals surface area contributed by atoms with E-state index in [2.05, 4.69) is 28.8 Å². The van der Waals surface area contributed by atoms with Crippen LogP contribution < -0.4 is 10.0 Å². The van der Waals surface area contributed by atoms with Crippen molar-refractivity contribution >= 4 is 15.9 Å². The third kappa shape index (κ3) is 4.56. The fraction of sp³-hybridized carbons (Fsp3) is 0.667. The van der Waals surface area contributed by atoms with Gasteiger partial charge in [0.25, 0.3) is 15.9 Å². The molecule has 9 heteroatoms. The first-order chi connectivity index (χ1) is 11.3. The van der Waals surface area contributed by atoms with Crippen molar-refractivity contribution in [2.75, 3.05) is 39.9 Å². The number of ether oxygens (including phenoxy) is 1. The highest BCUT2D eigenvalue weighted by Gasteiger charge is 2.25. The van der Waals surface area contributed by atoms with E-state index < -0.39 is 10.0 Å². The molecule has 1 amide bonds. The van der Waals surface area contributed by atoms with E-state index in [9.17, 15) is 13.2 Å². The highest BCUT2D eigenvalue weighted by molar-refractivity contribution is 7.89. The summed E-state index contributed by atoms with van der Waals surface area (Å²) in [4.78, 5) is 14.6. The molecule has 0 radical (unpaired) electrons. The number of carbonyl (C=O) groups is 1. The second-order valence-corrected chi connectivity index (χ2v) is 7.85. The molecule has 1 aromatic rings. The van der Waals surface area contributed by atoms with E-state index >= 15 is 0 Å². The van der Waals surface area contributed by atoms with E-state index in [-0.39, 0.29) is 22.6 Å². The average molecular weight is 359 g/mol. The number of nitrogens with zero attached hydrogens (tertiary/aromatic N) is 1. The summed E-state index contributed by atoms with van der Waals surface area (Å²) < 4.78 is 35.8. The number of morpholine rings is 1. The van der Waals surface area contributed by atoms with Gasteiger partial charge in [0.1, 0.15) is 6.26 Å². The second kappa shape index (κ2) is 8.11. The standard InChI is InChI=1S/C15H25N3O5S/c1-11(2)13(18-4-6-22-7-5-18)9-17-15(19)12-8-14(23-10-12)24(20,21)16-3/h8,10-11,13,16H,4-7,9H2,1-3H3,(H,17,19). The fourth-order valence-corrected chi connectivity index (χ4v) is 3.33. The normalized spacial score (nSPS) is 17.8. The van der Waals surface area contributed by atoms with Gasteiger partial charge in [-0.25, -0.2) is 13.1 Å². The molecule has 1 unspecified atom stereocenters. The van der Waals surface area contributed by atoms with Gasteiger partial charge in [-0.05, 0) is 13.0 Å². The van der Waals surface area contributed by atoms with Crippen LogP contribution in [0.1, 0.15) is 24.2 Å². The van der Waals surface area contributed by atoms with E-state index in [4.69, 9.17) is 9.15 Å². The molecule has 136 valence electrons. The first kappa shape index (κ1) is 18.9. The summed E-state index contributed by atoms with van der Waals surface area (Å²) in [6.45, 7) is 7.79. The molecule has 1 atom stereocenters. The Morgan fingerprint density at radius 2 is 2.00 bits per heavy atom. The number of amides is 1. The van der Waals surface area contributed by atoms with Crippen molar-refractivity contribution in [2.45, 2.75) is 25.0 Å². The number of carbonyl (C=O) groups excluding carboxylic acids is 1. The van der Waals surface area contributed by atoms with E-state index in [0.29, 0.717) is 25.7 Å². The molecule has 2 N–H and O–H groups in total. The van der Waals surface area contributed by atoms with Crippen molar-refractivity contribution in [3.8, 4) is 0 Å². The Morgan fingerprint density at radius 3 is 2.58 bits per heavy atom. The van der Waals surface area contributed by atoms with Crippen molar-refractivity contribution in [1.29, 1.82) is 0 Å². The van der Waals surface area contributed by atoms with Gasteiger partial charge in [-0.3, -0.25) is 9.69 Å². The van der Waals surface area contributed by atoms with Gasteiger partial charge in [-0.15, -0.1) is 0 Å². The fourth-order valence-electron chi connectivity index (χ4n) is 2.67. The van der Waals surface area contributed by atoms with Gasteiger partial charge in [0, 0.05) is 31.7 Å². The Hall–Kier alpha value is -1.42. The predicted molar refractivity (Wildman–Crippen MR) is 88.3 cm³/mol. The van der Waals surface area contributed by atoms with Crippen LogP contribution >= 0.6 is 0 Å². The Balaban J connectivity index is 1.98. The van der Waals surface area contributed by atoms with E-state index in [0.717, 1.165) is 19.4 Å². The third-order valence-corrected chi connectivity index (χ3v) is 5.41. The largest absolute Gasteiger partial charge is 0.451 e. The molecule has 2 rings (SSSR count). The molecular formula is C15H25N3O5S. The third-order valence-electron chi connectivity index (χ3n) is 4.13. The lowest BCUT2D eigenvalue weighted by molar-refractivity contribution is 0.00672. The van der Waals surface area contributed by atoms with Gasteiger partial charge < -0.3 is 14.5 Å². The maximum atomic E-state index is 12.3. The van der Waals surface area contributed by atoms with Crippen LogP contribution in [-0.2, 0) is 14.8 Å². The molecule has 1 aliphatic rings. The number of rotatable bonds is 7. The lowest BCUT2D eigenvalue weighted by atomic mass is 10.0. The van der Waals surface area contributed by atoms with Gasteiger partial charge in [0.2, 0.25) is 5.09 Å². The van der Waals surface area contributed by atoms with E-state index in [1.807, 2.05) is 0 Å². The first-order valence-corrected chi connectivity index (χ1v) is 9.45. The summed E-state index contributed by atoms with van der Waals surface area (Å²) in [5.74, 6) is 0.0168. The number of nitrogens with one attached hydrogen (secondary N) is 2. The lowest BCUT2D eigenvalue weighted by Crippen LogP contribution is -2.51. The molecule has 1 saturated heterocycles. The maximum absolute atomic E-state index is 12.3.